The summed E-state index contributed by atoms with van der Waals surface area (Å²) in [7, 11) is 0. The molecule has 3 aromatic carbocycles. The largest absolute Gasteiger partial charge is 0.321 e. The maximum Gasteiger partial charge on any atom is 0.272 e. The van der Waals surface area contributed by atoms with Gasteiger partial charge in [-0.2, -0.15) is 0 Å². The molecule has 0 atom stereocenters. The SMILES string of the molecule is Cc1ccc(NC(=O)/C(=C/c2cccc([N+](=O)[O-])c2)NC(=O)c2ccccc2F)cc1Cl. The van der Waals surface area contributed by atoms with Crippen LogP contribution in [0.3, 0.4) is 0 Å². The summed E-state index contributed by atoms with van der Waals surface area (Å²) < 4.78 is 14.0. The molecular formula is C23H17ClFN3O4. The minimum Gasteiger partial charge on any atom is -0.321 e. The van der Waals surface area contributed by atoms with Gasteiger partial charge in [-0.3, -0.25) is 19.7 Å². The molecular weight excluding hydrogens is 437 g/mol. The Morgan fingerprint density at radius 2 is 1.81 bits per heavy atom. The summed E-state index contributed by atoms with van der Waals surface area (Å²) in [5.74, 6) is -2.33. The van der Waals surface area contributed by atoms with Crippen LogP contribution < -0.4 is 10.6 Å². The molecule has 0 heterocycles. The van der Waals surface area contributed by atoms with Crippen LogP contribution >= 0.6 is 11.6 Å². The van der Waals surface area contributed by atoms with Gasteiger partial charge in [-0.25, -0.2) is 4.39 Å². The van der Waals surface area contributed by atoms with E-state index in [4.69, 9.17) is 11.6 Å². The molecule has 162 valence electrons. The summed E-state index contributed by atoms with van der Waals surface area (Å²) in [6.07, 6.45) is 1.26. The molecule has 3 aromatic rings. The van der Waals surface area contributed by atoms with Gasteiger partial charge < -0.3 is 10.6 Å². The molecule has 9 heteroatoms. The second-order valence-corrected chi connectivity index (χ2v) is 7.17. The molecule has 0 radical (unpaired) electrons. The van der Waals surface area contributed by atoms with Gasteiger partial charge in [-0.05, 0) is 48.4 Å². The van der Waals surface area contributed by atoms with Crippen molar-refractivity contribution in [3.8, 4) is 0 Å². The van der Waals surface area contributed by atoms with Crippen molar-refractivity contribution in [2.24, 2.45) is 0 Å². The first-order valence-corrected chi connectivity index (χ1v) is 9.72. The van der Waals surface area contributed by atoms with Crippen LogP contribution in [0.2, 0.25) is 5.02 Å². The zero-order valence-electron chi connectivity index (χ0n) is 16.8. The lowest BCUT2D eigenvalue weighted by Gasteiger charge is -2.12. The van der Waals surface area contributed by atoms with E-state index in [1.165, 1.54) is 48.5 Å². The standard InChI is InChI=1S/C23H17ClFN3O4/c1-14-9-10-16(13-19(14)24)26-23(30)21(12-15-5-4-6-17(11-15)28(31)32)27-22(29)18-7-2-3-8-20(18)25/h2-13H,1H3,(H,26,30)(H,27,29)/b21-12-. The third kappa shape index (κ3) is 5.55. The fourth-order valence-corrected chi connectivity index (χ4v) is 2.94. The fourth-order valence-electron chi connectivity index (χ4n) is 2.76. The molecule has 0 saturated heterocycles. The van der Waals surface area contributed by atoms with Crippen molar-refractivity contribution >= 4 is 40.9 Å². The van der Waals surface area contributed by atoms with Crippen LogP contribution in [0.4, 0.5) is 15.8 Å². The van der Waals surface area contributed by atoms with Gasteiger partial charge in [-0.15, -0.1) is 0 Å². The van der Waals surface area contributed by atoms with Crippen molar-refractivity contribution < 1.29 is 18.9 Å². The minimum atomic E-state index is -0.850. The van der Waals surface area contributed by atoms with Crippen LogP contribution in [-0.4, -0.2) is 16.7 Å². The van der Waals surface area contributed by atoms with Gasteiger partial charge in [0.05, 0.1) is 10.5 Å². The molecule has 0 unspecified atom stereocenters. The molecule has 0 saturated carbocycles. The first kappa shape index (κ1) is 22.6. The summed E-state index contributed by atoms with van der Waals surface area (Å²) in [6.45, 7) is 1.80. The molecule has 0 spiro atoms. The van der Waals surface area contributed by atoms with Gasteiger partial charge in [0.15, 0.2) is 0 Å². The molecule has 0 fully saturated rings. The van der Waals surface area contributed by atoms with Crippen molar-refractivity contribution in [1.82, 2.24) is 5.32 Å². The number of carbonyl (C=O) groups excluding carboxylic acids is 2. The van der Waals surface area contributed by atoms with Crippen LogP contribution in [0.5, 0.6) is 0 Å². The number of anilines is 1. The number of carbonyl (C=O) groups is 2. The molecule has 2 amide bonds. The third-order valence-electron chi connectivity index (χ3n) is 4.43. The van der Waals surface area contributed by atoms with Crippen LogP contribution in [-0.2, 0) is 4.79 Å². The van der Waals surface area contributed by atoms with E-state index in [9.17, 15) is 24.1 Å². The van der Waals surface area contributed by atoms with Crippen LogP contribution in [0, 0.1) is 22.9 Å². The smallest absolute Gasteiger partial charge is 0.272 e. The lowest BCUT2D eigenvalue weighted by Crippen LogP contribution is -2.31. The Kier molecular flexibility index (Phi) is 6.97. The lowest BCUT2D eigenvalue weighted by molar-refractivity contribution is -0.384. The Labute approximate surface area is 187 Å². The molecule has 7 nitrogen and oxygen atoms in total. The second kappa shape index (κ2) is 9.84. The molecule has 0 bridgehead atoms. The number of rotatable bonds is 6. The maximum absolute atomic E-state index is 14.0. The van der Waals surface area contributed by atoms with E-state index in [1.54, 1.807) is 25.1 Å². The topological polar surface area (TPSA) is 101 Å². The predicted octanol–water partition coefficient (Wildman–Crippen LogP) is 5.11. The molecule has 0 aliphatic rings. The van der Waals surface area contributed by atoms with E-state index in [-0.39, 0.29) is 16.9 Å². The van der Waals surface area contributed by atoms with E-state index in [0.717, 1.165) is 11.6 Å². The number of nitro benzene ring substituents is 1. The van der Waals surface area contributed by atoms with E-state index in [2.05, 4.69) is 10.6 Å². The highest BCUT2D eigenvalue weighted by Gasteiger charge is 2.18. The Bertz CT molecular complexity index is 1240. The summed E-state index contributed by atoms with van der Waals surface area (Å²) in [5, 5.41) is 16.5. The number of nitrogens with one attached hydrogen (secondary N) is 2. The van der Waals surface area contributed by atoms with Crippen molar-refractivity contribution in [3.63, 3.8) is 0 Å². The molecule has 3 rings (SSSR count). The van der Waals surface area contributed by atoms with Gasteiger partial charge in [0, 0.05) is 22.8 Å². The van der Waals surface area contributed by atoms with Gasteiger partial charge in [-0.1, -0.05) is 41.9 Å². The monoisotopic (exact) mass is 453 g/mol. The zero-order chi connectivity index (χ0) is 23.3. The summed E-state index contributed by atoms with van der Waals surface area (Å²) in [5.41, 5.74) is 0.781. The van der Waals surface area contributed by atoms with Crippen molar-refractivity contribution in [3.05, 3.63) is 110 Å². The summed E-state index contributed by atoms with van der Waals surface area (Å²) in [4.78, 5) is 36.0. The average Bonchev–Trinajstić information content (AvgIpc) is 2.76. The third-order valence-corrected chi connectivity index (χ3v) is 4.84. The first-order valence-electron chi connectivity index (χ1n) is 9.34. The summed E-state index contributed by atoms with van der Waals surface area (Å²) >= 11 is 6.09. The van der Waals surface area contributed by atoms with Crippen LogP contribution in [0.1, 0.15) is 21.5 Å². The number of nitro groups is 1. The lowest BCUT2D eigenvalue weighted by atomic mass is 10.1. The Balaban J connectivity index is 1.96. The van der Waals surface area contributed by atoms with Crippen molar-refractivity contribution in [2.75, 3.05) is 5.32 Å². The number of halogens is 2. The van der Waals surface area contributed by atoms with E-state index in [1.807, 2.05) is 0 Å². The highest BCUT2D eigenvalue weighted by atomic mass is 35.5. The number of hydrogen-bond donors (Lipinski definition) is 2. The second-order valence-electron chi connectivity index (χ2n) is 6.76. The van der Waals surface area contributed by atoms with Crippen LogP contribution in [0.25, 0.3) is 6.08 Å². The fraction of sp³-hybridized carbons (Fsp3) is 0.0435. The zero-order valence-corrected chi connectivity index (χ0v) is 17.5. The number of hydrogen-bond acceptors (Lipinski definition) is 4. The van der Waals surface area contributed by atoms with E-state index in [0.29, 0.717) is 16.3 Å². The van der Waals surface area contributed by atoms with Gasteiger partial charge >= 0.3 is 0 Å². The van der Waals surface area contributed by atoms with Gasteiger partial charge in [0.25, 0.3) is 17.5 Å². The van der Waals surface area contributed by atoms with E-state index < -0.39 is 22.6 Å². The quantitative estimate of drug-likeness (QED) is 0.308. The highest BCUT2D eigenvalue weighted by Crippen LogP contribution is 2.21. The molecule has 0 aliphatic carbocycles. The number of aryl methyl sites for hydroxylation is 1. The number of nitrogens with zero attached hydrogens (tertiary/aromatic N) is 1. The van der Waals surface area contributed by atoms with Gasteiger partial charge in [0.2, 0.25) is 0 Å². The number of benzene rings is 3. The van der Waals surface area contributed by atoms with Crippen LogP contribution in [0.15, 0.2) is 72.4 Å². The molecule has 2 N–H and O–H groups in total. The molecule has 0 aliphatic heterocycles. The Hall–Kier alpha value is -4.04. The number of amides is 2. The summed E-state index contributed by atoms with van der Waals surface area (Å²) in [6, 6.07) is 15.7. The average molecular weight is 454 g/mol. The van der Waals surface area contributed by atoms with Crippen molar-refractivity contribution in [2.45, 2.75) is 6.92 Å². The van der Waals surface area contributed by atoms with Gasteiger partial charge in [0.1, 0.15) is 11.5 Å². The first-order chi connectivity index (χ1) is 15.2. The van der Waals surface area contributed by atoms with Crippen molar-refractivity contribution in [1.29, 1.82) is 0 Å². The predicted molar refractivity (Wildman–Crippen MR) is 120 cm³/mol. The number of non-ortho nitro benzene ring substituents is 1. The highest BCUT2D eigenvalue weighted by molar-refractivity contribution is 6.31. The molecule has 32 heavy (non-hydrogen) atoms. The maximum atomic E-state index is 14.0. The minimum absolute atomic E-state index is 0.191. The molecule has 0 aromatic heterocycles. The van der Waals surface area contributed by atoms with E-state index >= 15 is 0 Å². The Morgan fingerprint density at radius 1 is 1.06 bits per heavy atom. The Morgan fingerprint density at radius 3 is 2.50 bits per heavy atom. The normalized spacial score (nSPS) is 11.0.